The first-order valence-electron chi connectivity index (χ1n) is 4.92. The van der Waals surface area contributed by atoms with Gasteiger partial charge in [0, 0.05) is 16.9 Å². The third-order valence-electron chi connectivity index (χ3n) is 2.11. The minimum atomic E-state index is -0.142. The van der Waals surface area contributed by atoms with Gasteiger partial charge in [-0.15, -0.1) is 0 Å². The van der Waals surface area contributed by atoms with E-state index < -0.39 is 0 Å². The van der Waals surface area contributed by atoms with Crippen LogP contribution in [0.15, 0.2) is 18.2 Å². The smallest absolute Gasteiger partial charge is 0.251 e. The molecule has 1 aromatic rings. The molecule has 0 aliphatic heterocycles. The standard InChI is InChI=1S/C11H12BrCl2NO/c1-2-8(12)6-15-11(16)7-3-4-9(13)10(14)5-7/h3-5,8H,2,6H2,1H3,(H,15,16). The van der Waals surface area contributed by atoms with Crippen molar-refractivity contribution in [1.82, 2.24) is 5.32 Å². The van der Waals surface area contributed by atoms with Crippen molar-refractivity contribution in [3.8, 4) is 0 Å². The summed E-state index contributed by atoms with van der Waals surface area (Å²) in [6.45, 7) is 2.64. The number of carbonyl (C=O) groups excluding carboxylic acids is 1. The molecule has 88 valence electrons. The van der Waals surface area contributed by atoms with Crippen LogP contribution in [0.25, 0.3) is 0 Å². The van der Waals surface area contributed by atoms with Crippen molar-refractivity contribution in [3.63, 3.8) is 0 Å². The molecule has 1 amide bonds. The first-order valence-corrected chi connectivity index (χ1v) is 6.59. The highest BCUT2D eigenvalue weighted by atomic mass is 79.9. The third-order valence-corrected chi connectivity index (χ3v) is 3.82. The summed E-state index contributed by atoms with van der Waals surface area (Å²) >= 11 is 15.0. The zero-order valence-electron chi connectivity index (χ0n) is 8.77. The highest BCUT2D eigenvalue weighted by molar-refractivity contribution is 9.09. The number of hydrogen-bond donors (Lipinski definition) is 1. The SMILES string of the molecule is CCC(Br)CNC(=O)c1ccc(Cl)c(Cl)c1. The average Bonchev–Trinajstić information content (AvgIpc) is 2.29. The van der Waals surface area contributed by atoms with Gasteiger partial charge in [0.1, 0.15) is 0 Å². The number of rotatable bonds is 4. The van der Waals surface area contributed by atoms with E-state index >= 15 is 0 Å². The Morgan fingerprint density at radius 1 is 1.44 bits per heavy atom. The summed E-state index contributed by atoms with van der Waals surface area (Å²) in [5.74, 6) is -0.142. The lowest BCUT2D eigenvalue weighted by molar-refractivity contribution is 0.0954. The topological polar surface area (TPSA) is 29.1 Å². The molecule has 1 atom stereocenters. The molecule has 0 heterocycles. The predicted molar refractivity (Wildman–Crippen MR) is 71.8 cm³/mol. The fourth-order valence-electron chi connectivity index (χ4n) is 1.09. The summed E-state index contributed by atoms with van der Waals surface area (Å²) in [5.41, 5.74) is 0.519. The van der Waals surface area contributed by atoms with Gasteiger partial charge in [0.25, 0.3) is 5.91 Å². The minimum absolute atomic E-state index is 0.142. The van der Waals surface area contributed by atoms with E-state index in [1.165, 1.54) is 0 Å². The van der Waals surface area contributed by atoms with Crippen molar-refractivity contribution in [3.05, 3.63) is 33.8 Å². The lowest BCUT2D eigenvalue weighted by atomic mass is 10.2. The Balaban J connectivity index is 2.63. The molecule has 2 nitrogen and oxygen atoms in total. The van der Waals surface area contributed by atoms with Gasteiger partial charge in [-0.3, -0.25) is 4.79 Å². The molecule has 1 aromatic carbocycles. The van der Waals surface area contributed by atoms with Crippen LogP contribution in [-0.4, -0.2) is 17.3 Å². The van der Waals surface area contributed by atoms with Crippen LogP contribution in [0.5, 0.6) is 0 Å². The summed E-state index contributed by atoms with van der Waals surface area (Å²) < 4.78 is 0. The van der Waals surface area contributed by atoms with Gasteiger partial charge in [0.2, 0.25) is 0 Å². The molecule has 0 fully saturated rings. The van der Waals surface area contributed by atoms with Crippen LogP contribution in [0, 0.1) is 0 Å². The number of halogens is 3. The predicted octanol–water partition coefficient (Wildman–Crippen LogP) is 3.90. The molecule has 0 aliphatic carbocycles. The van der Waals surface area contributed by atoms with Gasteiger partial charge in [-0.25, -0.2) is 0 Å². The molecular weight excluding hydrogens is 313 g/mol. The van der Waals surface area contributed by atoms with E-state index in [0.717, 1.165) is 6.42 Å². The van der Waals surface area contributed by atoms with Gasteiger partial charge >= 0.3 is 0 Å². The number of carbonyl (C=O) groups is 1. The van der Waals surface area contributed by atoms with E-state index in [4.69, 9.17) is 23.2 Å². The van der Waals surface area contributed by atoms with E-state index in [1.54, 1.807) is 18.2 Å². The zero-order chi connectivity index (χ0) is 12.1. The molecule has 1 rings (SSSR count). The number of hydrogen-bond acceptors (Lipinski definition) is 1. The second-order valence-corrected chi connectivity index (χ2v) is 5.45. The molecule has 0 bridgehead atoms. The summed E-state index contributed by atoms with van der Waals surface area (Å²) in [7, 11) is 0. The molecule has 1 unspecified atom stereocenters. The van der Waals surface area contributed by atoms with E-state index in [9.17, 15) is 4.79 Å². The quantitative estimate of drug-likeness (QED) is 0.836. The van der Waals surface area contributed by atoms with Gasteiger partial charge in [-0.2, -0.15) is 0 Å². The average molecular weight is 325 g/mol. The molecule has 0 radical (unpaired) electrons. The highest BCUT2D eigenvalue weighted by Gasteiger charge is 2.09. The van der Waals surface area contributed by atoms with Gasteiger partial charge in [0.15, 0.2) is 0 Å². The van der Waals surface area contributed by atoms with Crippen LogP contribution in [0.4, 0.5) is 0 Å². The van der Waals surface area contributed by atoms with Crippen molar-refractivity contribution < 1.29 is 4.79 Å². The summed E-state index contributed by atoms with van der Waals surface area (Å²) in [5, 5.41) is 3.65. The van der Waals surface area contributed by atoms with Crippen LogP contribution in [-0.2, 0) is 0 Å². The first-order chi connectivity index (χ1) is 7.54. The lowest BCUT2D eigenvalue weighted by Gasteiger charge is -2.09. The van der Waals surface area contributed by atoms with Crippen LogP contribution >= 0.6 is 39.1 Å². The maximum Gasteiger partial charge on any atom is 0.251 e. The number of alkyl halides is 1. The van der Waals surface area contributed by atoms with Crippen LogP contribution < -0.4 is 5.32 Å². The zero-order valence-corrected chi connectivity index (χ0v) is 11.9. The fourth-order valence-corrected chi connectivity index (χ4v) is 1.55. The molecule has 1 N–H and O–H groups in total. The van der Waals surface area contributed by atoms with E-state index in [1.807, 2.05) is 6.92 Å². The molecule has 0 aliphatic rings. The summed E-state index contributed by atoms with van der Waals surface area (Å²) in [4.78, 5) is 12.0. The molecule has 0 saturated carbocycles. The van der Waals surface area contributed by atoms with Gasteiger partial charge in [-0.05, 0) is 24.6 Å². The Hall–Kier alpha value is -0.250. The van der Waals surface area contributed by atoms with E-state index in [2.05, 4.69) is 21.2 Å². The highest BCUT2D eigenvalue weighted by Crippen LogP contribution is 2.22. The van der Waals surface area contributed by atoms with E-state index in [-0.39, 0.29) is 5.91 Å². The maximum atomic E-state index is 11.7. The van der Waals surface area contributed by atoms with Crippen molar-refractivity contribution in [1.29, 1.82) is 0 Å². The van der Waals surface area contributed by atoms with Crippen molar-refractivity contribution in [2.75, 3.05) is 6.54 Å². The van der Waals surface area contributed by atoms with Gasteiger partial charge < -0.3 is 5.32 Å². The first kappa shape index (κ1) is 13.8. The second-order valence-electron chi connectivity index (χ2n) is 3.34. The Morgan fingerprint density at radius 2 is 2.12 bits per heavy atom. The second kappa shape index (κ2) is 6.48. The largest absolute Gasteiger partial charge is 0.351 e. The Kier molecular flexibility index (Phi) is 5.59. The van der Waals surface area contributed by atoms with Crippen molar-refractivity contribution in [2.24, 2.45) is 0 Å². The Labute approximate surface area is 113 Å². The minimum Gasteiger partial charge on any atom is -0.351 e. The monoisotopic (exact) mass is 323 g/mol. The lowest BCUT2D eigenvalue weighted by Crippen LogP contribution is -2.29. The third kappa shape index (κ3) is 3.96. The van der Waals surface area contributed by atoms with Crippen molar-refractivity contribution >= 4 is 45.0 Å². The van der Waals surface area contributed by atoms with Crippen LogP contribution in [0.1, 0.15) is 23.7 Å². The molecular formula is C11H12BrCl2NO. The number of nitrogens with one attached hydrogen (secondary N) is 1. The number of benzene rings is 1. The Morgan fingerprint density at radius 3 is 2.69 bits per heavy atom. The van der Waals surface area contributed by atoms with Crippen molar-refractivity contribution in [2.45, 2.75) is 18.2 Å². The maximum absolute atomic E-state index is 11.7. The fraction of sp³-hybridized carbons (Fsp3) is 0.364. The van der Waals surface area contributed by atoms with Gasteiger partial charge in [0.05, 0.1) is 10.0 Å². The van der Waals surface area contributed by atoms with E-state index in [0.29, 0.717) is 27.0 Å². The molecule has 16 heavy (non-hydrogen) atoms. The number of amides is 1. The van der Waals surface area contributed by atoms with Gasteiger partial charge in [-0.1, -0.05) is 46.1 Å². The van der Waals surface area contributed by atoms with Crippen LogP contribution in [0.3, 0.4) is 0 Å². The summed E-state index contributed by atoms with van der Waals surface area (Å²) in [6.07, 6.45) is 0.960. The molecule has 0 saturated heterocycles. The molecule has 0 spiro atoms. The Bertz CT molecular complexity index is 384. The molecule has 5 heteroatoms. The summed E-state index contributed by atoms with van der Waals surface area (Å²) in [6, 6.07) is 4.83. The molecule has 0 aromatic heterocycles. The normalized spacial score (nSPS) is 12.2. The van der Waals surface area contributed by atoms with Crippen LogP contribution in [0.2, 0.25) is 10.0 Å².